The summed E-state index contributed by atoms with van der Waals surface area (Å²) in [5.74, 6) is -0.450. The van der Waals surface area contributed by atoms with Crippen LogP contribution >= 0.6 is 24.8 Å². The van der Waals surface area contributed by atoms with Crippen LogP contribution in [-0.4, -0.2) is 44.3 Å². The smallest absolute Gasteiger partial charge is 0.302 e. The van der Waals surface area contributed by atoms with Crippen molar-refractivity contribution < 1.29 is 17.6 Å². The molecule has 2 unspecified atom stereocenters. The first kappa shape index (κ1) is 27.8. The van der Waals surface area contributed by atoms with Crippen molar-refractivity contribution in [1.29, 1.82) is 0 Å². The Bertz CT molecular complexity index is 1350. The SMILES string of the molecule is Cl.Cl.O=c1[nH]c(=O)n(CCCN2CC3CC3(c3ccc(C(F)(F)F)cc3)C2)nc1-c1cccnc1F. The van der Waals surface area contributed by atoms with E-state index in [0.29, 0.717) is 18.9 Å². The maximum Gasteiger partial charge on any atom is 0.416 e. The normalized spacial score (nSPS) is 20.8. The maximum atomic E-state index is 14.0. The van der Waals surface area contributed by atoms with E-state index in [0.717, 1.165) is 41.9 Å². The molecular weight excluding hydrogens is 525 g/mol. The summed E-state index contributed by atoms with van der Waals surface area (Å²) in [6, 6.07) is 8.27. The Morgan fingerprint density at radius 2 is 1.81 bits per heavy atom. The molecule has 2 aromatic heterocycles. The molecule has 7 nitrogen and oxygen atoms in total. The van der Waals surface area contributed by atoms with Gasteiger partial charge in [0.1, 0.15) is 0 Å². The molecule has 1 N–H and O–H groups in total. The number of piperidine rings is 1. The fourth-order valence-corrected chi connectivity index (χ4v) is 4.96. The number of aromatic amines is 1. The van der Waals surface area contributed by atoms with E-state index in [1.807, 2.05) is 0 Å². The first-order valence-electron chi connectivity index (χ1n) is 10.9. The highest BCUT2D eigenvalue weighted by atomic mass is 35.5. The Morgan fingerprint density at radius 3 is 2.47 bits per heavy atom. The lowest BCUT2D eigenvalue weighted by atomic mass is 9.94. The molecule has 5 rings (SSSR count). The van der Waals surface area contributed by atoms with Gasteiger partial charge in [-0.3, -0.25) is 9.78 Å². The highest BCUT2D eigenvalue weighted by molar-refractivity contribution is 5.85. The van der Waals surface area contributed by atoms with Crippen molar-refractivity contribution in [1.82, 2.24) is 24.6 Å². The minimum atomic E-state index is -4.35. The third-order valence-electron chi connectivity index (χ3n) is 6.75. The molecule has 0 spiro atoms. The van der Waals surface area contributed by atoms with Gasteiger partial charge in [0.2, 0.25) is 5.95 Å². The van der Waals surface area contributed by atoms with Crippen LogP contribution in [0.5, 0.6) is 0 Å². The van der Waals surface area contributed by atoms with E-state index >= 15 is 0 Å². The van der Waals surface area contributed by atoms with Crippen LogP contribution in [0.15, 0.2) is 52.2 Å². The van der Waals surface area contributed by atoms with E-state index < -0.39 is 28.9 Å². The van der Waals surface area contributed by atoms with Gasteiger partial charge in [-0.05, 0) is 55.1 Å². The number of pyridine rings is 1. The number of rotatable bonds is 6. The van der Waals surface area contributed by atoms with Crippen LogP contribution in [-0.2, 0) is 18.1 Å². The zero-order chi connectivity index (χ0) is 24.1. The molecule has 1 aliphatic heterocycles. The van der Waals surface area contributed by atoms with Crippen molar-refractivity contribution in [2.45, 2.75) is 31.0 Å². The number of nitrogens with one attached hydrogen (secondary N) is 1. The van der Waals surface area contributed by atoms with Crippen molar-refractivity contribution in [3.63, 3.8) is 0 Å². The van der Waals surface area contributed by atoms with Crippen molar-refractivity contribution in [2.24, 2.45) is 5.92 Å². The molecule has 13 heteroatoms. The van der Waals surface area contributed by atoms with Gasteiger partial charge in [-0.1, -0.05) is 12.1 Å². The van der Waals surface area contributed by atoms with Crippen LogP contribution in [0.1, 0.15) is 24.0 Å². The van der Waals surface area contributed by atoms with E-state index in [4.69, 9.17) is 0 Å². The summed E-state index contributed by atoms with van der Waals surface area (Å²) in [5.41, 5.74) is -1.60. The zero-order valence-corrected chi connectivity index (χ0v) is 20.4. The summed E-state index contributed by atoms with van der Waals surface area (Å²) < 4.78 is 53.7. The van der Waals surface area contributed by atoms with E-state index in [1.165, 1.54) is 18.3 Å². The summed E-state index contributed by atoms with van der Waals surface area (Å²) in [7, 11) is 0. The fraction of sp³-hybridized carbons (Fsp3) is 0.391. The van der Waals surface area contributed by atoms with Crippen LogP contribution < -0.4 is 11.2 Å². The van der Waals surface area contributed by atoms with Crippen LogP contribution in [0.2, 0.25) is 0 Å². The van der Waals surface area contributed by atoms with Crippen molar-refractivity contribution in [3.05, 3.63) is 80.5 Å². The molecule has 2 atom stereocenters. The molecular formula is C23H23Cl2F4N5O2. The second-order valence-electron chi connectivity index (χ2n) is 8.89. The first-order chi connectivity index (χ1) is 16.2. The maximum absolute atomic E-state index is 14.0. The van der Waals surface area contributed by atoms with Crippen LogP contribution in [0.4, 0.5) is 17.6 Å². The van der Waals surface area contributed by atoms with Crippen molar-refractivity contribution in [2.75, 3.05) is 19.6 Å². The second kappa shape index (κ2) is 10.3. The Labute approximate surface area is 215 Å². The number of fused-ring (bicyclic) bond motifs is 1. The van der Waals surface area contributed by atoms with Gasteiger partial charge in [0.05, 0.1) is 11.1 Å². The number of aryl methyl sites for hydroxylation is 1. The topological polar surface area (TPSA) is 83.9 Å². The van der Waals surface area contributed by atoms with Crippen LogP contribution in [0.3, 0.4) is 0 Å². The lowest BCUT2D eigenvalue weighted by Gasteiger charge is -2.21. The van der Waals surface area contributed by atoms with Gasteiger partial charge in [-0.2, -0.15) is 22.7 Å². The number of likely N-dealkylation sites (tertiary alicyclic amines) is 1. The predicted molar refractivity (Wildman–Crippen MR) is 129 cm³/mol. The van der Waals surface area contributed by atoms with Gasteiger partial charge in [-0.25, -0.2) is 14.5 Å². The number of hydrogen-bond donors (Lipinski definition) is 1. The average Bonchev–Trinajstić information content (AvgIpc) is 3.37. The number of alkyl halides is 3. The zero-order valence-electron chi connectivity index (χ0n) is 18.8. The number of benzene rings is 1. The molecule has 1 saturated heterocycles. The number of nitrogens with zero attached hydrogens (tertiary/aromatic N) is 4. The van der Waals surface area contributed by atoms with Crippen LogP contribution in [0, 0.1) is 11.9 Å². The molecule has 0 bridgehead atoms. The van der Waals surface area contributed by atoms with Gasteiger partial charge in [0.25, 0.3) is 5.56 Å². The molecule has 2 fully saturated rings. The summed E-state index contributed by atoms with van der Waals surface area (Å²) in [6.07, 6.45) is -1.59. The molecule has 1 saturated carbocycles. The van der Waals surface area contributed by atoms with Gasteiger partial charge in [0.15, 0.2) is 5.69 Å². The monoisotopic (exact) mass is 547 g/mol. The number of H-pyrrole nitrogens is 1. The third-order valence-corrected chi connectivity index (χ3v) is 6.75. The van der Waals surface area contributed by atoms with E-state index in [9.17, 15) is 27.2 Å². The average molecular weight is 548 g/mol. The number of halogens is 6. The summed E-state index contributed by atoms with van der Waals surface area (Å²) >= 11 is 0. The molecule has 1 aromatic carbocycles. The summed E-state index contributed by atoms with van der Waals surface area (Å²) in [5, 5.41) is 4.05. The lowest BCUT2D eigenvalue weighted by molar-refractivity contribution is -0.137. The van der Waals surface area contributed by atoms with Gasteiger partial charge >= 0.3 is 11.9 Å². The van der Waals surface area contributed by atoms with Crippen molar-refractivity contribution in [3.8, 4) is 11.3 Å². The van der Waals surface area contributed by atoms with E-state index in [1.54, 1.807) is 12.1 Å². The standard InChI is InChI=1S/C23H21F4N5O2.2ClH/c24-19-17(3-1-8-28-19)18-20(33)29-21(34)32(30-18)10-2-9-31-12-16-11-22(16,13-31)14-4-6-15(7-5-14)23(25,26)27;;/h1,3-8,16H,2,9-13H2,(H,29,33,34);2*1H. The van der Waals surface area contributed by atoms with E-state index in [2.05, 4.69) is 20.0 Å². The van der Waals surface area contributed by atoms with Gasteiger partial charge in [-0.15, -0.1) is 24.8 Å². The van der Waals surface area contributed by atoms with Gasteiger partial charge < -0.3 is 4.90 Å². The molecule has 194 valence electrons. The Kier molecular flexibility index (Phi) is 7.97. The Balaban J connectivity index is 0.00000180. The predicted octanol–water partition coefficient (Wildman–Crippen LogP) is 3.66. The van der Waals surface area contributed by atoms with Crippen LogP contribution in [0.25, 0.3) is 11.3 Å². The summed E-state index contributed by atoms with van der Waals surface area (Å²) in [6.45, 7) is 2.45. The largest absolute Gasteiger partial charge is 0.416 e. The molecule has 0 amide bonds. The first-order valence-corrected chi connectivity index (χ1v) is 10.9. The Morgan fingerprint density at radius 1 is 1.08 bits per heavy atom. The minimum Gasteiger partial charge on any atom is -0.302 e. The molecule has 2 aliphatic rings. The lowest BCUT2D eigenvalue weighted by Crippen LogP contribution is -2.35. The Hall–Kier alpha value is -2.76. The van der Waals surface area contributed by atoms with Crippen molar-refractivity contribution >= 4 is 24.8 Å². The third kappa shape index (κ3) is 5.18. The molecule has 1 aliphatic carbocycles. The van der Waals surface area contributed by atoms with Gasteiger partial charge in [0, 0.05) is 31.2 Å². The highest BCUT2D eigenvalue weighted by Gasteiger charge is 2.60. The minimum absolute atomic E-state index is 0. The molecule has 0 radical (unpaired) electrons. The highest BCUT2D eigenvalue weighted by Crippen LogP contribution is 2.59. The second-order valence-corrected chi connectivity index (χ2v) is 8.89. The fourth-order valence-electron chi connectivity index (χ4n) is 4.96. The number of hydrogen-bond acceptors (Lipinski definition) is 5. The molecule has 3 aromatic rings. The quantitative estimate of drug-likeness (QED) is 0.376. The molecule has 3 heterocycles. The number of aromatic nitrogens is 4. The molecule has 36 heavy (non-hydrogen) atoms. The van der Waals surface area contributed by atoms with E-state index in [-0.39, 0.29) is 48.0 Å². The summed E-state index contributed by atoms with van der Waals surface area (Å²) in [4.78, 5) is 32.2.